The van der Waals surface area contributed by atoms with Gasteiger partial charge in [-0.1, -0.05) is 23.7 Å². The smallest absolute Gasteiger partial charge is 0.254 e. The number of hydrogen-bond acceptors (Lipinski definition) is 6. The number of halogens is 3. The maximum Gasteiger partial charge on any atom is 0.254 e. The molecule has 3 N–H and O–H groups in total. The number of benzene rings is 2. The van der Waals surface area contributed by atoms with Gasteiger partial charge in [0.25, 0.3) is 5.91 Å². The Morgan fingerprint density at radius 2 is 1.97 bits per heavy atom. The number of nitrogens with two attached hydrogens (primary N) is 1. The van der Waals surface area contributed by atoms with Crippen LogP contribution >= 0.6 is 24.0 Å². The molecule has 3 rings (SSSR count). The molecule has 0 radical (unpaired) electrons. The summed E-state index contributed by atoms with van der Waals surface area (Å²) >= 11 is 5.90. The highest BCUT2D eigenvalue weighted by Crippen LogP contribution is 2.34. The van der Waals surface area contributed by atoms with Gasteiger partial charge in [0.05, 0.1) is 41.1 Å². The highest BCUT2D eigenvalue weighted by molar-refractivity contribution is 7.91. The summed E-state index contributed by atoms with van der Waals surface area (Å²) in [5.74, 6) is -3.11. The molecule has 2 aromatic carbocycles. The van der Waals surface area contributed by atoms with E-state index >= 15 is 0 Å². The summed E-state index contributed by atoms with van der Waals surface area (Å²) in [6.07, 6.45) is 0. The minimum absolute atomic E-state index is 0. The number of carbonyl (C=O) groups excluding carboxylic acids is 2. The maximum absolute atomic E-state index is 14.7. The topological polar surface area (TPSA) is 119 Å². The van der Waals surface area contributed by atoms with E-state index in [1.54, 1.807) is 24.3 Å². The van der Waals surface area contributed by atoms with Crippen LogP contribution in [0.4, 0.5) is 10.1 Å². The number of hydrogen-bond donors (Lipinski definition) is 2. The molecular formula is C20H22Cl2FN3O5S. The Hall–Kier alpha value is -2.24. The number of ether oxygens (including phenoxy) is 1. The van der Waals surface area contributed by atoms with E-state index in [2.05, 4.69) is 5.32 Å². The lowest BCUT2D eigenvalue weighted by molar-refractivity contribution is -0.119. The van der Waals surface area contributed by atoms with Crippen molar-refractivity contribution in [3.05, 3.63) is 58.4 Å². The highest BCUT2D eigenvalue weighted by Gasteiger charge is 2.37. The number of carbonyl (C=O) groups is 2. The van der Waals surface area contributed by atoms with Crippen molar-refractivity contribution in [1.29, 1.82) is 0 Å². The number of anilines is 1. The Labute approximate surface area is 196 Å². The quantitative estimate of drug-likeness (QED) is 0.578. The Bertz CT molecular complexity index is 1110. The van der Waals surface area contributed by atoms with Crippen LogP contribution in [0.15, 0.2) is 41.3 Å². The number of amides is 2. The zero-order valence-corrected chi connectivity index (χ0v) is 19.4. The van der Waals surface area contributed by atoms with Gasteiger partial charge in [0.2, 0.25) is 5.91 Å². The van der Waals surface area contributed by atoms with Crippen LogP contribution in [0.1, 0.15) is 15.9 Å². The first-order chi connectivity index (χ1) is 14.6. The average molecular weight is 506 g/mol. The van der Waals surface area contributed by atoms with E-state index in [1.165, 1.54) is 7.11 Å². The Morgan fingerprint density at radius 3 is 2.59 bits per heavy atom. The monoisotopic (exact) mass is 505 g/mol. The number of methoxy groups -OCH3 is 1. The Kier molecular flexibility index (Phi) is 8.60. The lowest BCUT2D eigenvalue weighted by Gasteiger charge is -2.25. The second-order valence-electron chi connectivity index (χ2n) is 6.99. The van der Waals surface area contributed by atoms with Crippen molar-refractivity contribution in [3.63, 3.8) is 0 Å². The molecule has 0 saturated heterocycles. The van der Waals surface area contributed by atoms with Gasteiger partial charge in [-0.2, -0.15) is 0 Å². The van der Waals surface area contributed by atoms with Crippen molar-refractivity contribution in [3.8, 4) is 0 Å². The molecule has 0 aromatic heterocycles. The second-order valence-corrected chi connectivity index (χ2v) is 9.43. The SMILES string of the molecule is COCCNC(=O)c1cc2c(cc1F)S(=O)(=O)C[C@H](N)C(=O)N2Cc1ccc(Cl)cc1.Cl. The molecule has 1 aliphatic heterocycles. The van der Waals surface area contributed by atoms with Crippen LogP contribution in [0, 0.1) is 5.82 Å². The van der Waals surface area contributed by atoms with Gasteiger partial charge in [0.1, 0.15) is 5.82 Å². The van der Waals surface area contributed by atoms with E-state index in [0.717, 1.165) is 17.0 Å². The largest absolute Gasteiger partial charge is 0.383 e. The molecule has 0 fully saturated rings. The predicted molar refractivity (Wildman–Crippen MR) is 121 cm³/mol. The molecule has 32 heavy (non-hydrogen) atoms. The molecule has 0 aliphatic carbocycles. The molecule has 1 atom stereocenters. The first kappa shape index (κ1) is 26.0. The Balaban J connectivity index is 0.00000363. The van der Waals surface area contributed by atoms with Gasteiger partial charge in [-0.25, -0.2) is 12.8 Å². The lowest BCUT2D eigenvalue weighted by Crippen LogP contribution is -2.45. The number of nitrogens with zero attached hydrogens (tertiary/aromatic N) is 1. The molecule has 2 aromatic rings. The van der Waals surface area contributed by atoms with Crippen molar-refractivity contribution in [1.82, 2.24) is 5.32 Å². The molecule has 0 spiro atoms. The minimum atomic E-state index is -4.08. The minimum Gasteiger partial charge on any atom is -0.383 e. The third-order valence-electron chi connectivity index (χ3n) is 4.75. The fourth-order valence-electron chi connectivity index (χ4n) is 3.19. The summed E-state index contributed by atoms with van der Waals surface area (Å²) in [5, 5.41) is 2.97. The third kappa shape index (κ3) is 5.57. The highest BCUT2D eigenvalue weighted by atomic mass is 35.5. The van der Waals surface area contributed by atoms with Crippen LogP contribution in [0.2, 0.25) is 5.02 Å². The van der Waals surface area contributed by atoms with Crippen molar-refractivity contribution >= 4 is 51.3 Å². The molecule has 1 aliphatic rings. The van der Waals surface area contributed by atoms with Crippen LogP contribution in [-0.2, 0) is 25.9 Å². The predicted octanol–water partition coefficient (Wildman–Crippen LogP) is 1.92. The van der Waals surface area contributed by atoms with E-state index < -0.39 is 49.7 Å². The van der Waals surface area contributed by atoms with Gasteiger partial charge in [-0.3, -0.25) is 9.59 Å². The van der Waals surface area contributed by atoms with E-state index in [-0.39, 0.29) is 37.8 Å². The van der Waals surface area contributed by atoms with Crippen molar-refractivity contribution in [2.75, 3.05) is 30.9 Å². The zero-order valence-electron chi connectivity index (χ0n) is 17.0. The number of nitrogens with one attached hydrogen (secondary N) is 1. The maximum atomic E-state index is 14.7. The van der Waals surface area contributed by atoms with Crippen LogP contribution in [-0.4, -0.2) is 52.3 Å². The molecule has 12 heteroatoms. The van der Waals surface area contributed by atoms with Crippen molar-refractivity contribution in [2.45, 2.75) is 17.5 Å². The second kappa shape index (κ2) is 10.6. The summed E-state index contributed by atoms with van der Waals surface area (Å²) in [4.78, 5) is 26.1. The molecule has 0 bridgehead atoms. The van der Waals surface area contributed by atoms with Gasteiger partial charge < -0.3 is 20.7 Å². The van der Waals surface area contributed by atoms with Crippen molar-refractivity contribution in [2.24, 2.45) is 5.73 Å². The molecule has 174 valence electrons. The fourth-order valence-corrected chi connectivity index (χ4v) is 4.88. The lowest BCUT2D eigenvalue weighted by atomic mass is 10.1. The first-order valence-corrected chi connectivity index (χ1v) is 11.3. The van der Waals surface area contributed by atoms with Gasteiger partial charge in [0.15, 0.2) is 9.84 Å². The molecule has 0 saturated carbocycles. The molecule has 0 unspecified atom stereocenters. The van der Waals surface area contributed by atoms with Gasteiger partial charge >= 0.3 is 0 Å². The fraction of sp³-hybridized carbons (Fsp3) is 0.300. The number of fused-ring (bicyclic) bond motifs is 1. The number of rotatable bonds is 6. The zero-order chi connectivity index (χ0) is 22.8. The van der Waals surface area contributed by atoms with Crippen molar-refractivity contribution < 1.29 is 27.1 Å². The van der Waals surface area contributed by atoms with Crippen LogP contribution < -0.4 is 16.0 Å². The van der Waals surface area contributed by atoms with Gasteiger partial charge in [-0.15, -0.1) is 12.4 Å². The van der Waals surface area contributed by atoms with Crippen LogP contribution in [0.25, 0.3) is 0 Å². The van der Waals surface area contributed by atoms with E-state index in [4.69, 9.17) is 22.1 Å². The molecule has 8 nitrogen and oxygen atoms in total. The third-order valence-corrected chi connectivity index (χ3v) is 6.79. The summed E-state index contributed by atoms with van der Waals surface area (Å²) in [6, 6.07) is 7.06. The first-order valence-electron chi connectivity index (χ1n) is 9.29. The Morgan fingerprint density at radius 1 is 1.31 bits per heavy atom. The molecule has 1 heterocycles. The van der Waals surface area contributed by atoms with E-state index in [0.29, 0.717) is 10.6 Å². The molecular weight excluding hydrogens is 484 g/mol. The standard InChI is InChI=1S/C20H21ClFN3O5S.ClH/c1-30-7-6-24-19(26)14-8-17-18(9-15(14)22)31(28,29)11-16(23)20(27)25(17)10-12-2-4-13(21)5-3-12;/h2-5,8-9,16H,6-7,10-11,23H2,1H3,(H,24,26);1H/t16-;/m0./s1. The van der Waals surface area contributed by atoms with E-state index in [1.807, 2.05) is 0 Å². The van der Waals surface area contributed by atoms with Gasteiger partial charge in [0, 0.05) is 18.7 Å². The number of sulfone groups is 1. The summed E-state index contributed by atoms with van der Waals surface area (Å²) in [6.45, 7) is 0.299. The van der Waals surface area contributed by atoms with Crippen LogP contribution in [0.5, 0.6) is 0 Å². The summed E-state index contributed by atoms with van der Waals surface area (Å²) in [7, 11) is -2.63. The normalized spacial score (nSPS) is 17.2. The van der Waals surface area contributed by atoms with Crippen LogP contribution in [0.3, 0.4) is 0 Å². The summed E-state index contributed by atoms with van der Waals surface area (Å²) in [5.41, 5.74) is 5.98. The molecule has 2 amide bonds. The average Bonchev–Trinajstić information content (AvgIpc) is 2.78. The van der Waals surface area contributed by atoms with Gasteiger partial charge in [-0.05, 0) is 29.8 Å². The van der Waals surface area contributed by atoms with E-state index in [9.17, 15) is 22.4 Å². The summed E-state index contributed by atoms with van der Waals surface area (Å²) < 4.78 is 45.1.